The zero-order valence-corrected chi connectivity index (χ0v) is 11.8. The largest absolute Gasteiger partial charge is 0.387 e. The van der Waals surface area contributed by atoms with Crippen molar-refractivity contribution in [2.45, 2.75) is 39.8 Å². The van der Waals surface area contributed by atoms with Crippen LogP contribution in [0.1, 0.15) is 36.2 Å². The molecule has 0 aliphatic heterocycles. The van der Waals surface area contributed by atoms with E-state index in [-0.39, 0.29) is 0 Å². The average molecular weight is 265 g/mol. The maximum atomic E-state index is 10.2. The third kappa shape index (κ3) is 2.97. The number of aromatic nitrogens is 3. The summed E-state index contributed by atoms with van der Waals surface area (Å²) in [7, 11) is 0. The zero-order valence-electron chi connectivity index (χ0n) is 11.0. The molecule has 0 spiro atoms. The SMILES string of the molecule is Cc1ccsc1C(O)Cc1ncnn1CC(C)C. The number of thiophene rings is 1. The Kier molecular flexibility index (Phi) is 4.14. The minimum atomic E-state index is -0.486. The van der Waals surface area contributed by atoms with Gasteiger partial charge in [0.25, 0.3) is 0 Å². The van der Waals surface area contributed by atoms with Crippen LogP contribution in [0.5, 0.6) is 0 Å². The maximum Gasteiger partial charge on any atom is 0.138 e. The number of aliphatic hydroxyl groups is 1. The van der Waals surface area contributed by atoms with Gasteiger partial charge in [-0.3, -0.25) is 0 Å². The fourth-order valence-electron chi connectivity index (χ4n) is 1.94. The second-order valence-electron chi connectivity index (χ2n) is 4.94. The fourth-order valence-corrected chi connectivity index (χ4v) is 2.85. The Morgan fingerprint density at radius 2 is 2.22 bits per heavy atom. The molecule has 0 bridgehead atoms. The quantitative estimate of drug-likeness (QED) is 0.904. The first-order valence-corrected chi connectivity index (χ1v) is 7.04. The van der Waals surface area contributed by atoms with Crippen molar-refractivity contribution in [3.05, 3.63) is 34.0 Å². The van der Waals surface area contributed by atoms with Crippen LogP contribution in [0.2, 0.25) is 0 Å². The maximum absolute atomic E-state index is 10.2. The van der Waals surface area contributed by atoms with Gasteiger partial charge in [-0.2, -0.15) is 5.10 Å². The highest BCUT2D eigenvalue weighted by atomic mass is 32.1. The van der Waals surface area contributed by atoms with Gasteiger partial charge in [0.1, 0.15) is 12.2 Å². The van der Waals surface area contributed by atoms with E-state index in [0.29, 0.717) is 12.3 Å². The molecular weight excluding hydrogens is 246 g/mol. The van der Waals surface area contributed by atoms with Gasteiger partial charge in [0.2, 0.25) is 0 Å². The normalized spacial score (nSPS) is 13.2. The van der Waals surface area contributed by atoms with Crippen molar-refractivity contribution in [3.63, 3.8) is 0 Å². The number of aryl methyl sites for hydroxylation is 1. The lowest BCUT2D eigenvalue weighted by Gasteiger charge is -2.12. The Hall–Kier alpha value is -1.20. The van der Waals surface area contributed by atoms with E-state index >= 15 is 0 Å². The van der Waals surface area contributed by atoms with Gasteiger partial charge in [-0.15, -0.1) is 11.3 Å². The van der Waals surface area contributed by atoms with E-state index in [1.54, 1.807) is 17.7 Å². The van der Waals surface area contributed by atoms with Gasteiger partial charge < -0.3 is 5.11 Å². The molecule has 0 saturated heterocycles. The average Bonchev–Trinajstić information content (AvgIpc) is 2.88. The predicted octanol–water partition coefficient (Wildman–Crippen LogP) is 2.58. The third-order valence-electron chi connectivity index (χ3n) is 2.81. The molecule has 0 amide bonds. The predicted molar refractivity (Wildman–Crippen MR) is 72.6 cm³/mol. The second-order valence-corrected chi connectivity index (χ2v) is 5.89. The van der Waals surface area contributed by atoms with E-state index in [1.165, 1.54) is 0 Å². The summed E-state index contributed by atoms with van der Waals surface area (Å²) in [6.07, 6.45) is 1.60. The zero-order chi connectivity index (χ0) is 13.1. The van der Waals surface area contributed by atoms with E-state index in [9.17, 15) is 5.11 Å². The van der Waals surface area contributed by atoms with Crippen molar-refractivity contribution in [3.8, 4) is 0 Å². The van der Waals surface area contributed by atoms with E-state index in [1.807, 2.05) is 23.1 Å². The third-order valence-corrected chi connectivity index (χ3v) is 3.93. The molecule has 2 heterocycles. The summed E-state index contributed by atoms with van der Waals surface area (Å²) in [5, 5.41) is 16.5. The first-order chi connectivity index (χ1) is 8.58. The fraction of sp³-hybridized carbons (Fsp3) is 0.538. The van der Waals surface area contributed by atoms with Gasteiger partial charge in [-0.05, 0) is 29.9 Å². The number of hydrogen-bond donors (Lipinski definition) is 1. The lowest BCUT2D eigenvalue weighted by Crippen LogP contribution is -2.13. The minimum Gasteiger partial charge on any atom is -0.387 e. The molecule has 5 heteroatoms. The molecule has 1 N–H and O–H groups in total. The van der Waals surface area contributed by atoms with Gasteiger partial charge in [-0.25, -0.2) is 9.67 Å². The summed E-state index contributed by atoms with van der Waals surface area (Å²) in [4.78, 5) is 5.27. The topological polar surface area (TPSA) is 50.9 Å². The smallest absolute Gasteiger partial charge is 0.138 e. The summed E-state index contributed by atoms with van der Waals surface area (Å²) in [6, 6.07) is 2.03. The molecule has 0 aliphatic carbocycles. The minimum absolute atomic E-state index is 0.486. The molecule has 0 aliphatic rings. The molecule has 1 unspecified atom stereocenters. The van der Waals surface area contributed by atoms with Crippen LogP contribution < -0.4 is 0 Å². The lowest BCUT2D eigenvalue weighted by atomic mass is 10.1. The lowest BCUT2D eigenvalue weighted by molar-refractivity contribution is 0.176. The van der Waals surface area contributed by atoms with E-state index < -0.39 is 6.10 Å². The van der Waals surface area contributed by atoms with Crippen LogP contribution in [0.3, 0.4) is 0 Å². The van der Waals surface area contributed by atoms with Gasteiger partial charge >= 0.3 is 0 Å². The summed E-state index contributed by atoms with van der Waals surface area (Å²) in [5.41, 5.74) is 1.14. The van der Waals surface area contributed by atoms with E-state index in [0.717, 1.165) is 22.8 Å². The van der Waals surface area contributed by atoms with E-state index in [2.05, 4.69) is 23.9 Å². The summed E-state index contributed by atoms with van der Waals surface area (Å²) < 4.78 is 1.89. The second kappa shape index (κ2) is 5.63. The molecule has 2 aromatic rings. The van der Waals surface area contributed by atoms with Crippen LogP contribution in [0.25, 0.3) is 0 Å². The molecule has 2 aromatic heterocycles. The molecule has 0 aromatic carbocycles. The van der Waals surface area contributed by atoms with Gasteiger partial charge in [0.15, 0.2) is 0 Å². The van der Waals surface area contributed by atoms with Crippen molar-refractivity contribution in [1.29, 1.82) is 0 Å². The molecule has 0 saturated carbocycles. The van der Waals surface area contributed by atoms with Crippen molar-refractivity contribution < 1.29 is 5.11 Å². The Morgan fingerprint density at radius 3 is 2.83 bits per heavy atom. The molecule has 0 radical (unpaired) electrons. The molecule has 18 heavy (non-hydrogen) atoms. The first kappa shape index (κ1) is 13.2. The Labute approximate surface area is 111 Å². The van der Waals surface area contributed by atoms with Crippen LogP contribution in [0.4, 0.5) is 0 Å². The standard InChI is InChI=1S/C13H19N3OS/c1-9(2)7-16-12(14-8-15-16)6-11(17)13-10(3)4-5-18-13/h4-5,8-9,11,17H,6-7H2,1-3H3. The van der Waals surface area contributed by atoms with E-state index in [4.69, 9.17) is 0 Å². The highest BCUT2D eigenvalue weighted by Crippen LogP contribution is 2.26. The van der Waals surface area contributed by atoms with Crippen molar-refractivity contribution in [2.24, 2.45) is 5.92 Å². The van der Waals surface area contributed by atoms with Crippen LogP contribution in [0.15, 0.2) is 17.8 Å². The highest BCUT2D eigenvalue weighted by Gasteiger charge is 2.16. The van der Waals surface area contributed by atoms with Crippen LogP contribution in [-0.2, 0) is 13.0 Å². The van der Waals surface area contributed by atoms with Crippen LogP contribution in [-0.4, -0.2) is 19.9 Å². The molecule has 2 rings (SSSR count). The van der Waals surface area contributed by atoms with Crippen molar-refractivity contribution in [2.75, 3.05) is 0 Å². The van der Waals surface area contributed by atoms with Crippen molar-refractivity contribution >= 4 is 11.3 Å². The molecule has 4 nitrogen and oxygen atoms in total. The van der Waals surface area contributed by atoms with Gasteiger partial charge in [-0.1, -0.05) is 13.8 Å². The first-order valence-electron chi connectivity index (χ1n) is 6.16. The van der Waals surface area contributed by atoms with Crippen LogP contribution >= 0.6 is 11.3 Å². The molecule has 98 valence electrons. The number of rotatable bonds is 5. The number of aliphatic hydroxyl groups excluding tert-OH is 1. The summed E-state index contributed by atoms with van der Waals surface area (Å²) in [6.45, 7) is 7.15. The molecular formula is C13H19N3OS. The van der Waals surface area contributed by atoms with Gasteiger partial charge in [0, 0.05) is 17.8 Å². The number of nitrogens with zero attached hydrogens (tertiary/aromatic N) is 3. The summed E-state index contributed by atoms with van der Waals surface area (Å²) >= 11 is 1.59. The Morgan fingerprint density at radius 1 is 1.44 bits per heavy atom. The van der Waals surface area contributed by atoms with Gasteiger partial charge in [0.05, 0.1) is 6.10 Å². The van der Waals surface area contributed by atoms with Crippen LogP contribution in [0, 0.1) is 12.8 Å². The highest BCUT2D eigenvalue weighted by molar-refractivity contribution is 7.10. The Bertz CT molecular complexity index is 504. The monoisotopic (exact) mass is 265 g/mol. The molecule has 1 atom stereocenters. The number of hydrogen-bond acceptors (Lipinski definition) is 4. The Balaban J connectivity index is 2.10. The van der Waals surface area contributed by atoms with Crippen molar-refractivity contribution in [1.82, 2.24) is 14.8 Å². The molecule has 0 fully saturated rings. The summed E-state index contributed by atoms with van der Waals surface area (Å²) in [5.74, 6) is 1.37.